The molecule has 2 aromatic heterocycles. The molecule has 3 heterocycles. The summed E-state index contributed by atoms with van der Waals surface area (Å²) in [4.78, 5) is 20.1. The van der Waals surface area contributed by atoms with Gasteiger partial charge in [-0.3, -0.25) is 0 Å². The molecule has 6 nitrogen and oxygen atoms in total. The average Bonchev–Trinajstić information content (AvgIpc) is 3.17. The van der Waals surface area contributed by atoms with E-state index in [-0.39, 0.29) is 23.9 Å². The van der Waals surface area contributed by atoms with Crippen molar-refractivity contribution in [2.24, 2.45) is 0 Å². The zero-order valence-electron chi connectivity index (χ0n) is 11.7. The summed E-state index contributed by atoms with van der Waals surface area (Å²) >= 11 is 0. The van der Waals surface area contributed by atoms with Gasteiger partial charge in [-0.05, 0) is 31.0 Å². The molecule has 3 rings (SSSR count). The molecule has 0 bridgehead atoms. The lowest BCUT2D eigenvalue weighted by Crippen LogP contribution is -2.37. The van der Waals surface area contributed by atoms with E-state index in [0.717, 1.165) is 6.07 Å². The molecule has 1 N–H and O–H groups in total. The van der Waals surface area contributed by atoms with Gasteiger partial charge in [0, 0.05) is 6.54 Å². The van der Waals surface area contributed by atoms with Crippen molar-refractivity contribution in [3.8, 4) is 11.5 Å². The number of nitrogens with zero attached hydrogens (tertiary/aromatic N) is 3. The van der Waals surface area contributed by atoms with Gasteiger partial charge in [0.05, 0.1) is 6.26 Å². The maximum absolute atomic E-state index is 13.1. The van der Waals surface area contributed by atoms with Gasteiger partial charge in [-0.15, -0.1) is 0 Å². The summed E-state index contributed by atoms with van der Waals surface area (Å²) in [6, 6.07) is 2.86. The molecule has 0 aliphatic carbocycles. The average molecular weight is 327 g/mol. The molecule has 122 valence electrons. The smallest absolute Gasteiger partial charge is 0.433 e. The monoisotopic (exact) mass is 327 g/mol. The fourth-order valence-corrected chi connectivity index (χ4v) is 2.52. The van der Waals surface area contributed by atoms with Crippen molar-refractivity contribution >= 4 is 11.9 Å². The number of furan rings is 1. The van der Waals surface area contributed by atoms with Crippen molar-refractivity contribution in [2.75, 3.05) is 11.4 Å². The predicted molar refractivity (Wildman–Crippen MR) is 72.7 cm³/mol. The van der Waals surface area contributed by atoms with E-state index < -0.39 is 23.9 Å². The highest BCUT2D eigenvalue weighted by Gasteiger charge is 2.37. The number of carbonyl (C=O) groups is 1. The van der Waals surface area contributed by atoms with E-state index in [9.17, 15) is 23.1 Å². The summed E-state index contributed by atoms with van der Waals surface area (Å²) in [5, 5.41) is 9.19. The van der Waals surface area contributed by atoms with Crippen molar-refractivity contribution in [3.63, 3.8) is 0 Å². The van der Waals surface area contributed by atoms with Crippen LogP contribution in [0.2, 0.25) is 0 Å². The summed E-state index contributed by atoms with van der Waals surface area (Å²) in [6.07, 6.45) is -2.46. The third-order valence-corrected chi connectivity index (χ3v) is 3.57. The van der Waals surface area contributed by atoms with Gasteiger partial charge < -0.3 is 14.4 Å². The number of hydrogen-bond acceptors (Lipinski definition) is 5. The topological polar surface area (TPSA) is 79.5 Å². The molecular weight excluding hydrogens is 315 g/mol. The van der Waals surface area contributed by atoms with Crippen LogP contribution in [-0.4, -0.2) is 33.6 Å². The van der Waals surface area contributed by atoms with Crippen molar-refractivity contribution in [2.45, 2.75) is 25.1 Å². The van der Waals surface area contributed by atoms with Crippen LogP contribution in [0.4, 0.5) is 19.1 Å². The normalized spacial score (nSPS) is 18.4. The van der Waals surface area contributed by atoms with Crippen LogP contribution in [-0.2, 0) is 11.0 Å². The minimum atomic E-state index is -4.67. The largest absolute Gasteiger partial charge is 0.480 e. The summed E-state index contributed by atoms with van der Waals surface area (Å²) < 4.78 is 44.3. The Morgan fingerprint density at radius 1 is 1.39 bits per heavy atom. The number of aromatic nitrogens is 2. The van der Waals surface area contributed by atoms with Gasteiger partial charge in [0.2, 0.25) is 5.95 Å². The Labute approximate surface area is 128 Å². The Bertz CT molecular complexity index is 716. The molecule has 1 saturated heterocycles. The lowest BCUT2D eigenvalue weighted by Gasteiger charge is -2.22. The molecule has 23 heavy (non-hydrogen) atoms. The van der Waals surface area contributed by atoms with Crippen molar-refractivity contribution < 1.29 is 27.5 Å². The molecule has 1 aliphatic rings. The van der Waals surface area contributed by atoms with Crippen LogP contribution < -0.4 is 4.90 Å². The van der Waals surface area contributed by atoms with Gasteiger partial charge >= 0.3 is 12.1 Å². The fraction of sp³-hybridized carbons (Fsp3) is 0.357. The summed E-state index contributed by atoms with van der Waals surface area (Å²) in [6.45, 7) is 0.288. The third-order valence-electron chi connectivity index (χ3n) is 3.57. The summed E-state index contributed by atoms with van der Waals surface area (Å²) in [7, 11) is 0. The van der Waals surface area contributed by atoms with Crippen molar-refractivity contribution in [3.05, 3.63) is 30.2 Å². The number of carboxylic acid groups (broad SMARTS) is 1. The molecule has 1 fully saturated rings. The molecule has 0 spiro atoms. The zero-order chi connectivity index (χ0) is 16.6. The van der Waals surface area contributed by atoms with E-state index in [1.807, 2.05) is 0 Å². The van der Waals surface area contributed by atoms with Crippen molar-refractivity contribution in [1.29, 1.82) is 0 Å². The van der Waals surface area contributed by atoms with Gasteiger partial charge in [0.15, 0.2) is 11.5 Å². The lowest BCUT2D eigenvalue weighted by molar-refractivity contribution is -0.141. The molecule has 0 radical (unpaired) electrons. The SMILES string of the molecule is O=C(O)C1CCCN1c1nc(-c2ccco2)cc(C(F)(F)F)n1. The zero-order valence-corrected chi connectivity index (χ0v) is 11.7. The quantitative estimate of drug-likeness (QED) is 0.934. The van der Waals surface area contributed by atoms with Crippen LogP contribution in [0, 0.1) is 0 Å². The number of alkyl halides is 3. The number of rotatable bonds is 3. The molecule has 0 saturated carbocycles. The molecular formula is C14H12F3N3O3. The molecule has 1 atom stereocenters. The van der Waals surface area contributed by atoms with Crippen LogP contribution in [0.15, 0.2) is 28.9 Å². The molecule has 9 heteroatoms. The van der Waals surface area contributed by atoms with E-state index in [2.05, 4.69) is 9.97 Å². The fourth-order valence-electron chi connectivity index (χ4n) is 2.52. The third kappa shape index (κ3) is 2.99. The van der Waals surface area contributed by atoms with Gasteiger partial charge in [0.25, 0.3) is 0 Å². The Balaban J connectivity index is 2.09. The first-order valence-electron chi connectivity index (χ1n) is 6.86. The maximum Gasteiger partial charge on any atom is 0.433 e. The molecule has 1 aliphatic heterocycles. The molecule has 2 aromatic rings. The van der Waals surface area contributed by atoms with Gasteiger partial charge in [-0.1, -0.05) is 0 Å². The van der Waals surface area contributed by atoms with Gasteiger partial charge in [-0.25, -0.2) is 14.8 Å². The highest BCUT2D eigenvalue weighted by molar-refractivity contribution is 5.78. The Morgan fingerprint density at radius 2 is 2.17 bits per heavy atom. The number of anilines is 1. The Kier molecular flexibility index (Phi) is 3.70. The van der Waals surface area contributed by atoms with Crippen LogP contribution in [0.5, 0.6) is 0 Å². The van der Waals surface area contributed by atoms with Crippen LogP contribution >= 0.6 is 0 Å². The summed E-state index contributed by atoms with van der Waals surface area (Å²) in [5.41, 5.74) is -1.17. The second-order valence-corrected chi connectivity index (χ2v) is 5.10. The first kappa shape index (κ1) is 15.3. The number of carboxylic acids is 1. The van der Waals surface area contributed by atoms with E-state index in [1.165, 1.54) is 23.3 Å². The number of hydrogen-bond donors (Lipinski definition) is 1. The van der Waals surface area contributed by atoms with Crippen LogP contribution in [0.25, 0.3) is 11.5 Å². The first-order valence-corrected chi connectivity index (χ1v) is 6.86. The van der Waals surface area contributed by atoms with E-state index in [4.69, 9.17) is 4.42 Å². The minimum absolute atomic E-state index is 0.0386. The lowest BCUT2D eigenvalue weighted by atomic mass is 10.2. The maximum atomic E-state index is 13.1. The first-order chi connectivity index (χ1) is 10.9. The predicted octanol–water partition coefficient (Wildman–Crippen LogP) is 2.81. The minimum Gasteiger partial charge on any atom is -0.480 e. The highest BCUT2D eigenvalue weighted by Crippen LogP contribution is 2.33. The molecule has 0 amide bonds. The standard InChI is InChI=1S/C14H12F3N3O3/c15-14(16,17)11-7-8(10-4-2-6-23-10)18-13(19-11)20-5-1-3-9(20)12(21)22/h2,4,6-7,9H,1,3,5H2,(H,21,22). The Hall–Kier alpha value is -2.58. The van der Waals surface area contributed by atoms with Crippen LogP contribution in [0.1, 0.15) is 18.5 Å². The summed E-state index contributed by atoms with van der Waals surface area (Å²) in [5.74, 6) is -1.20. The second kappa shape index (κ2) is 5.56. The van der Waals surface area contributed by atoms with Gasteiger partial charge in [0.1, 0.15) is 11.7 Å². The second-order valence-electron chi connectivity index (χ2n) is 5.10. The highest BCUT2D eigenvalue weighted by atomic mass is 19.4. The molecule has 1 unspecified atom stereocenters. The Morgan fingerprint density at radius 3 is 2.78 bits per heavy atom. The van der Waals surface area contributed by atoms with E-state index in [0.29, 0.717) is 12.8 Å². The van der Waals surface area contributed by atoms with E-state index in [1.54, 1.807) is 0 Å². The van der Waals surface area contributed by atoms with E-state index >= 15 is 0 Å². The number of aliphatic carboxylic acids is 1. The van der Waals surface area contributed by atoms with Crippen LogP contribution in [0.3, 0.4) is 0 Å². The van der Waals surface area contributed by atoms with Gasteiger partial charge in [-0.2, -0.15) is 13.2 Å². The number of halogens is 3. The molecule has 0 aromatic carbocycles. The van der Waals surface area contributed by atoms with Crippen molar-refractivity contribution in [1.82, 2.24) is 9.97 Å².